The lowest BCUT2D eigenvalue weighted by Crippen LogP contribution is -2.54. The lowest BCUT2D eigenvalue weighted by atomic mass is 9.71. The van der Waals surface area contributed by atoms with E-state index in [1.54, 1.807) is 4.90 Å². The normalized spacial score (nSPS) is 31.4. The van der Waals surface area contributed by atoms with Gasteiger partial charge in [0.2, 0.25) is 6.41 Å². The average Bonchev–Trinajstić information content (AvgIpc) is 3.30. The zero-order valence-corrected chi connectivity index (χ0v) is 13.5. The molecule has 2 N–H and O–H groups in total. The summed E-state index contributed by atoms with van der Waals surface area (Å²) in [6.45, 7) is 0.502. The highest BCUT2D eigenvalue weighted by molar-refractivity contribution is 6.43. The fraction of sp³-hybridized carbons (Fsp3) is 0.588. The van der Waals surface area contributed by atoms with E-state index in [0.717, 1.165) is 37.0 Å². The third kappa shape index (κ3) is 2.70. The van der Waals surface area contributed by atoms with Crippen LogP contribution < -0.4 is 4.74 Å². The van der Waals surface area contributed by atoms with Gasteiger partial charge in [-0.15, -0.1) is 0 Å². The molecule has 3 aliphatic heterocycles. The molecule has 2 fully saturated rings. The van der Waals surface area contributed by atoms with Crippen molar-refractivity contribution in [3.63, 3.8) is 0 Å². The Hall–Kier alpha value is -1.57. The van der Waals surface area contributed by atoms with Crippen LogP contribution in [0.5, 0.6) is 5.75 Å². The molecule has 0 spiro atoms. The van der Waals surface area contributed by atoms with Crippen molar-refractivity contribution in [1.29, 1.82) is 0 Å². The van der Waals surface area contributed by atoms with Crippen molar-refractivity contribution in [2.45, 2.75) is 55.8 Å². The molecule has 2 bridgehead atoms. The largest absolute Gasteiger partial charge is 0.493 e. The maximum Gasteiger partial charge on any atom is 0.475 e. The molecule has 2 saturated heterocycles. The molecule has 128 valence electrons. The summed E-state index contributed by atoms with van der Waals surface area (Å²) in [4.78, 5) is 13.3. The third-order valence-corrected chi connectivity index (χ3v) is 5.63. The second kappa shape index (κ2) is 6.39. The molecule has 1 aromatic rings. The summed E-state index contributed by atoms with van der Waals surface area (Å²) in [5.74, 6) is 0.236. The van der Waals surface area contributed by atoms with Crippen LogP contribution in [0.1, 0.15) is 37.2 Å². The highest BCUT2D eigenvalue weighted by Gasteiger charge is 2.47. The van der Waals surface area contributed by atoms with Crippen LogP contribution in [0.2, 0.25) is 0 Å². The van der Waals surface area contributed by atoms with Crippen molar-refractivity contribution in [2.75, 3.05) is 6.61 Å². The number of carbonyl (C=O) groups excluding carboxylic acids is 1. The number of para-hydroxylation sites is 1. The van der Waals surface area contributed by atoms with Crippen molar-refractivity contribution < 1.29 is 24.3 Å². The fourth-order valence-electron chi connectivity index (χ4n) is 4.44. The molecule has 7 heteroatoms. The number of ether oxygens (including phenoxy) is 2. The van der Waals surface area contributed by atoms with E-state index < -0.39 is 13.1 Å². The van der Waals surface area contributed by atoms with E-state index in [4.69, 9.17) is 9.47 Å². The highest BCUT2D eigenvalue weighted by atomic mass is 16.5. The SMILES string of the molecule is O=CN([C@H](C[C@H]1COc2ccccc21)B(O)O)[C@@H]1C[C@@H]2CC[C@H]1O2. The summed E-state index contributed by atoms with van der Waals surface area (Å²) in [6, 6.07) is 7.72. The molecule has 0 aromatic heterocycles. The first-order valence-electron chi connectivity index (χ1n) is 8.63. The van der Waals surface area contributed by atoms with Gasteiger partial charge in [0, 0.05) is 11.5 Å². The van der Waals surface area contributed by atoms with Gasteiger partial charge < -0.3 is 24.4 Å². The average molecular weight is 331 g/mol. The second-order valence-corrected chi connectivity index (χ2v) is 6.99. The molecule has 5 atom stereocenters. The minimum atomic E-state index is -1.58. The molecular formula is C17H22BNO5. The van der Waals surface area contributed by atoms with E-state index >= 15 is 0 Å². The Balaban J connectivity index is 1.53. The molecule has 0 saturated carbocycles. The monoisotopic (exact) mass is 331 g/mol. The van der Waals surface area contributed by atoms with Gasteiger partial charge in [0.05, 0.1) is 30.8 Å². The Kier molecular flexibility index (Phi) is 4.24. The zero-order chi connectivity index (χ0) is 16.7. The topological polar surface area (TPSA) is 79.2 Å². The van der Waals surface area contributed by atoms with Gasteiger partial charge in [-0.25, -0.2) is 0 Å². The smallest absolute Gasteiger partial charge is 0.475 e. The molecule has 6 nitrogen and oxygen atoms in total. The van der Waals surface area contributed by atoms with E-state index in [1.165, 1.54) is 0 Å². The Labute approximate surface area is 141 Å². The summed E-state index contributed by atoms with van der Waals surface area (Å²) in [5.41, 5.74) is 1.07. The van der Waals surface area contributed by atoms with Crippen molar-refractivity contribution in [3.8, 4) is 5.75 Å². The summed E-state index contributed by atoms with van der Waals surface area (Å²) in [7, 11) is -1.58. The summed E-state index contributed by atoms with van der Waals surface area (Å²) < 4.78 is 11.5. The van der Waals surface area contributed by atoms with Crippen molar-refractivity contribution in [2.24, 2.45) is 0 Å². The lowest BCUT2D eigenvalue weighted by Gasteiger charge is -2.36. The Morgan fingerprint density at radius 3 is 2.83 bits per heavy atom. The number of carbonyl (C=O) groups is 1. The van der Waals surface area contributed by atoms with Crippen LogP contribution in [-0.2, 0) is 9.53 Å². The van der Waals surface area contributed by atoms with Crippen LogP contribution in [0.4, 0.5) is 0 Å². The van der Waals surface area contributed by atoms with Crippen molar-refractivity contribution in [3.05, 3.63) is 29.8 Å². The van der Waals surface area contributed by atoms with Crippen LogP contribution in [0.15, 0.2) is 24.3 Å². The molecule has 0 unspecified atom stereocenters. The van der Waals surface area contributed by atoms with Crippen LogP contribution in [0, 0.1) is 0 Å². The van der Waals surface area contributed by atoms with Gasteiger partial charge >= 0.3 is 7.12 Å². The van der Waals surface area contributed by atoms with Crippen molar-refractivity contribution >= 4 is 13.5 Å². The standard InChI is InChI=1S/C17H22BNO5/c20-10-19(14-8-12-5-6-16(14)24-12)17(18(21)22)7-11-9-23-15-4-2-1-3-13(11)15/h1-4,10-12,14,16-17,21-22H,5-9H2/t11-,12-,14+,16+,17+/m0/s1. The number of amides is 1. The predicted octanol–water partition coefficient (Wildman–Crippen LogP) is 0.712. The number of hydrogen-bond donors (Lipinski definition) is 2. The van der Waals surface area contributed by atoms with Gasteiger partial charge in [-0.2, -0.15) is 0 Å². The quantitative estimate of drug-likeness (QED) is 0.593. The molecule has 4 rings (SSSR count). The predicted molar refractivity (Wildman–Crippen MR) is 87.5 cm³/mol. The van der Waals surface area contributed by atoms with Crippen LogP contribution in [0.3, 0.4) is 0 Å². The van der Waals surface area contributed by atoms with Crippen molar-refractivity contribution in [1.82, 2.24) is 4.90 Å². The van der Waals surface area contributed by atoms with Gasteiger partial charge in [-0.05, 0) is 31.7 Å². The molecule has 3 aliphatic rings. The Morgan fingerprint density at radius 2 is 2.17 bits per heavy atom. The summed E-state index contributed by atoms with van der Waals surface area (Å²) in [6.07, 6.45) is 4.18. The van der Waals surface area contributed by atoms with E-state index in [-0.39, 0.29) is 24.2 Å². The zero-order valence-electron chi connectivity index (χ0n) is 13.5. The first-order valence-corrected chi connectivity index (χ1v) is 8.63. The van der Waals surface area contributed by atoms with Crippen LogP contribution in [0.25, 0.3) is 0 Å². The van der Waals surface area contributed by atoms with Gasteiger partial charge in [0.1, 0.15) is 5.75 Å². The molecule has 24 heavy (non-hydrogen) atoms. The third-order valence-electron chi connectivity index (χ3n) is 5.63. The van der Waals surface area contributed by atoms with E-state index in [2.05, 4.69) is 0 Å². The lowest BCUT2D eigenvalue weighted by molar-refractivity contribution is -0.123. The summed E-state index contributed by atoms with van der Waals surface area (Å²) in [5, 5.41) is 19.9. The number of rotatable bonds is 6. The molecule has 0 aliphatic carbocycles. The fourth-order valence-corrected chi connectivity index (χ4v) is 4.44. The number of fused-ring (bicyclic) bond motifs is 3. The highest BCUT2D eigenvalue weighted by Crippen LogP contribution is 2.40. The number of nitrogens with zero attached hydrogens (tertiary/aromatic N) is 1. The van der Waals surface area contributed by atoms with Gasteiger partial charge in [-0.3, -0.25) is 4.79 Å². The Morgan fingerprint density at radius 1 is 1.33 bits per heavy atom. The van der Waals surface area contributed by atoms with E-state index in [1.807, 2.05) is 24.3 Å². The number of benzene rings is 1. The Bertz CT molecular complexity index is 612. The van der Waals surface area contributed by atoms with E-state index in [0.29, 0.717) is 13.0 Å². The minimum absolute atomic E-state index is 0.0218. The minimum Gasteiger partial charge on any atom is -0.493 e. The van der Waals surface area contributed by atoms with Gasteiger partial charge in [0.25, 0.3) is 0 Å². The summed E-state index contributed by atoms with van der Waals surface area (Å²) >= 11 is 0. The van der Waals surface area contributed by atoms with Gasteiger partial charge in [-0.1, -0.05) is 18.2 Å². The van der Waals surface area contributed by atoms with Crippen LogP contribution in [-0.4, -0.2) is 59.3 Å². The van der Waals surface area contributed by atoms with E-state index in [9.17, 15) is 14.8 Å². The van der Waals surface area contributed by atoms with Gasteiger partial charge in [0.15, 0.2) is 0 Å². The maximum atomic E-state index is 11.8. The first-order chi connectivity index (χ1) is 11.7. The molecule has 0 radical (unpaired) electrons. The second-order valence-electron chi connectivity index (χ2n) is 6.99. The molecule has 1 aromatic carbocycles. The first kappa shape index (κ1) is 15.9. The molecule has 1 amide bonds. The maximum absolute atomic E-state index is 11.8. The molecule has 3 heterocycles. The molecular weight excluding hydrogens is 309 g/mol. The number of hydrogen-bond acceptors (Lipinski definition) is 5. The van der Waals surface area contributed by atoms with Crippen LogP contribution >= 0.6 is 0 Å².